The van der Waals surface area contributed by atoms with E-state index in [4.69, 9.17) is 0 Å². The van der Waals surface area contributed by atoms with Gasteiger partial charge in [0.25, 0.3) is 5.91 Å². The fourth-order valence-electron chi connectivity index (χ4n) is 3.71. The molecule has 20 heavy (non-hydrogen) atoms. The van der Waals surface area contributed by atoms with Crippen molar-refractivity contribution in [1.29, 1.82) is 0 Å². The molecule has 1 amide bonds. The van der Waals surface area contributed by atoms with Gasteiger partial charge in [-0.15, -0.1) is 0 Å². The zero-order valence-electron chi connectivity index (χ0n) is 11.7. The topological polar surface area (TPSA) is 53.4 Å². The molecule has 108 valence electrons. The zero-order valence-corrected chi connectivity index (χ0v) is 11.7. The first-order valence-corrected chi connectivity index (χ1v) is 7.67. The molecule has 0 aromatic carbocycles. The molecule has 0 bridgehead atoms. The van der Waals surface area contributed by atoms with Crippen LogP contribution >= 0.6 is 0 Å². The smallest absolute Gasteiger partial charge is 0.272 e. The molecular weight excluding hydrogens is 252 g/mol. The second kappa shape index (κ2) is 5.92. The van der Waals surface area contributed by atoms with E-state index in [1.165, 1.54) is 0 Å². The summed E-state index contributed by atoms with van der Waals surface area (Å²) >= 11 is 0. The number of hydrogen-bond acceptors (Lipinski definition) is 3. The first-order valence-electron chi connectivity index (χ1n) is 7.67. The second-order valence-electron chi connectivity index (χ2n) is 5.94. The van der Waals surface area contributed by atoms with Gasteiger partial charge in [-0.1, -0.05) is 12.5 Å². The molecule has 4 nitrogen and oxygen atoms in total. The highest BCUT2D eigenvalue weighted by atomic mass is 16.3. The SMILES string of the molecule is O=C(c1ccccn1)N1CCCCC1C1CCCC1O. The van der Waals surface area contributed by atoms with Crippen LogP contribution in [0.25, 0.3) is 0 Å². The zero-order chi connectivity index (χ0) is 13.9. The molecule has 4 heteroatoms. The van der Waals surface area contributed by atoms with Crippen LogP contribution in [0.1, 0.15) is 49.0 Å². The van der Waals surface area contributed by atoms with Gasteiger partial charge in [0, 0.05) is 24.7 Å². The molecule has 1 aromatic rings. The average Bonchev–Trinajstić information content (AvgIpc) is 2.93. The third-order valence-corrected chi connectivity index (χ3v) is 4.72. The molecule has 3 atom stereocenters. The Kier molecular flexibility index (Phi) is 4.01. The van der Waals surface area contributed by atoms with Crippen molar-refractivity contribution in [1.82, 2.24) is 9.88 Å². The van der Waals surface area contributed by atoms with Crippen molar-refractivity contribution in [2.24, 2.45) is 5.92 Å². The molecule has 1 aromatic heterocycles. The molecule has 2 aliphatic rings. The number of aliphatic hydroxyl groups is 1. The van der Waals surface area contributed by atoms with Gasteiger partial charge in [0.05, 0.1) is 6.10 Å². The van der Waals surface area contributed by atoms with Crippen molar-refractivity contribution < 1.29 is 9.90 Å². The molecule has 1 N–H and O–H groups in total. The summed E-state index contributed by atoms with van der Waals surface area (Å²) in [5.41, 5.74) is 0.520. The minimum Gasteiger partial charge on any atom is -0.393 e. The lowest BCUT2D eigenvalue weighted by Crippen LogP contribution is -2.49. The number of aromatic nitrogens is 1. The fraction of sp³-hybridized carbons (Fsp3) is 0.625. The number of carbonyl (C=O) groups excluding carboxylic acids is 1. The standard InChI is InChI=1S/C16H22N2O2/c19-15-9-5-6-12(15)14-8-2-4-11-18(14)16(20)13-7-1-3-10-17-13/h1,3,7,10,12,14-15,19H,2,4-6,8-9,11H2. The summed E-state index contributed by atoms with van der Waals surface area (Å²) in [4.78, 5) is 18.8. The summed E-state index contributed by atoms with van der Waals surface area (Å²) in [6.07, 6.45) is 7.64. The second-order valence-corrected chi connectivity index (χ2v) is 5.94. The summed E-state index contributed by atoms with van der Waals surface area (Å²) < 4.78 is 0. The molecule has 2 heterocycles. The number of carbonyl (C=O) groups is 1. The van der Waals surface area contributed by atoms with E-state index >= 15 is 0 Å². The molecule has 1 saturated heterocycles. The fourth-order valence-corrected chi connectivity index (χ4v) is 3.71. The van der Waals surface area contributed by atoms with Crippen LogP contribution in [0.4, 0.5) is 0 Å². The number of pyridine rings is 1. The lowest BCUT2D eigenvalue weighted by atomic mass is 9.87. The van der Waals surface area contributed by atoms with Crippen LogP contribution < -0.4 is 0 Å². The Morgan fingerprint density at radius 1 is 1.20 bits per heavy atom. The maximum absolute atomic E-state index is 12.7. The van der Waals surface area contributed by atoms with E-state index in [2.05, 4.69) is 4.98 Å². The quantitative estimate of drug-likeness (QED) is 0.900. The van der Waals surface area contributed by atoms with Crippen LogP contribution in [0.15, 0.2) is 24.4 Å². The minimum absolute atomic E-state index is 0.0226. The van der Waals surface area contributed by atoms with Gasteiger partial charge in [-0.25, -0.2) is 0 Å². The number of likely N-dealkylation sites (tertiary alicyclic amines) is 1. The van der Waals surface area contributed by atoms with E-state index in [0.717, 1.165) is 45.1 Å². The summed E-state index contributed by atoms with van der Waals surface area (Å²) in [6.45, 7) is 0.795. The lowest BCUT2D eigenvalue weighted by molar-refractivity contribution is 0.0283. The Labute approximate surface area is 119 Å². The highest BCUT2D eigenvalue weighted by Gasteiger charge is 2.39. The highest BCUT2D eigenvalue weighted by molar-refractivity contribution is 5.92. The van der Waals surface area contributed by atoms with Gasteiger partial charge < -0.3 is 10.0 Å². The molecular formula is C16H22N2O2. The number of rotatable bonds is 2. The van der Waals surface area contributed by atoms with Crippen molar-refractivity contribution in [3.63, 3.8) is 0 Å². The lowest BCUT2D eigenvalue weighted by Gasteiger charge is -2.40. The Hall–Kier alpha value is -1.42. The Bertz CT molecular complexity index is 463. The third kappa shape index (κ3) is 2.57. The molecule has 1 aliphatic carbocycles. The van der Waals surface area contributed by atoms with E-state index in [9.17, 15) is 9.90 Å². The van der Waals surface area contributed by atoms with E-state index in [1.54, 1.807) is 12.3 Å². The third-order valence-electron chi connectivity index (χ3n) is 4.72. The maximum atomic E-state index is 12.7. The molecule has 3 rings (SSSR count). The van der Waals surface area contributed by atoms with Gasteiger partial charge in [-0.3, -0.25) is 9.78 Å². The van der Waals surface area contributed by atoms with Crippen LogP contribution in [0.3, 0.4) is 0 Å². The van der Waals surface area contributed by atoms with Crippen LogP contribution in [-0.4, -0.2) is 39.6 Å². The molecule has 1 saturated carbocycles. The normalized spacial score (nSPS) is 30.4. The number of piperidine rings is 1. The van der Waals surface area contributed by atoms with Gasteiger partial charge in [0.15, 0.2) is 0 Å². The largest absolute Gasteiger partial charge is 0.393 e. The minimum atomic E-state index is -0.239. The van der Waals surface area contributed by atoms with Crippen LogP contribution in [0, 0.1) is 5.92 Å². The predicted molar refractivity (Wildman–Crippen MR) is 76.3 cm³/mol. The van der Waals surface area contributed by atoms with Gasteiger partial charge in [-0.2, -0.15) is 0 Å². The van der Waals surface area contributed by atoms with Crippen molar-refractivity contribution in [3.05, 3.63) is 30.1 Å². The predicted octanol–water partition coefficient (Wildman–Crippen LogP) is 2.24. The monoisotopic (exact) mass is 274 g/mol. The number of amides is 1. The first-order chi connectivity index (χ1) is 9.77. The average molecular weight is 274 g/mol. The van der Waals surface area contributed by atoms with Crippen LogP contribution in [0.5, 0.6) is 0 Å². The van der Waals surface area contributed by atoms with Crippen LogP contribution in [0.2, 0.25) is 0 Å². The first kappa shape index (κ1) is 13.6. The summed E-state index contributed by atoms with van der Waals surface area (Å²) in [7, 11) is 0. The molecule has 0 radical (unpaired) electrons. The Morgan fingerprint density at radius 3 is 2.80 bits per heavy atom. The van der Waals surface area contributed by atoms with Crippen molar-refractivity contribution >= 4 is 5.91 Å². The van der Waals surface area contributed by atoms with E-state index in [-0.39, 0.29) is 24.0 Å². The van der Waals surface area contributed by atoms with Crippen LogP contribution in [-0.2, 0) is 0 Å². The Morgan fingerprint density at radius 2 is 2.10 bits per heavy atom. The van der Waals surface area contributed by atoms with Gasteiger partial charge in [0.2, 0.25) is 0 Å². The van der Waals surface area contributed by atoms with E-state index in [1.807, 2.05) is 17.0 Å². The molecule has 1 aliphatic heterocycles. The van der Waals surface area contributed by atoms with Crippen molar-refractivity contribution in [2.45, 2.75) is 50.7 Å². The van der Waals surface area contributed by atoms with Crippen molar-refractivity contribution in [3.8, 4) is 0 Å². The molecule has 2 fully saturated rings. The molecule has 0 spiro atoms. The van der Waals surface area contributed by atoms with Gasteiger partial charge >= 0.3 is 0 Å². The number of aliphatic hydroxyl groups excluding tert-OH is 1. The number of nitrogens with zero attached hydrogens (tertiary/aromatic N) is 2. The van der Waals surface area contributed by atoms with Gasteiger partial charge in [0.1, 0.15) is 5.69 Å². The molecule has 3 unspecified atom stereocenters. The number of hydrogen-bond donors (Lipinski definition) is 1. The summed E-state index contributed by atoms with van der Waals surface area (Å²) in [6, 6.07) is 5.64. The Balaban J connectivity index is 1.80. The maximum Gasteiger partial charge on any atom is 0.272 e. The summed E-state index contributed by atoms with van der Waals surface area (Å²) in [5, 5.41) is 10.2. The van der Waals surface area contributed by atoms with Gasteiger partial charge in [-0.05, 0) is 44.2 Å². The van der Waals surface area contributed by atoms with E-state index in [0.29, 0.717) is 5.69 Å². The van der Waals surface area contributed by atoms with E-state index < -0.39 is 0 Å². The highest BCUT2D eigenvalue weighted by Crippen LogP contribution is 2.35. The van der Waals surface area contributed by atoms with Crippen molar-refractivity contribution in [2.75, 3.05) is 6.54 Å². The summed E-state index contributed by atoms with van der Waals surface area (Å²) in [5.74, 6) is 0.275.